The number of carbonyl (C=O) groups is 1. The van der Waals surface area contributed by atoms with E-state index in [2.05, 4.69) is 5.32 Å². The molecule has 0 saturated carbocycles. The summed E-state index contributed by atoms with van der Waals surface area (Å²) in [6, 6.07) is 5.79. The third-order valence-electron chi connectivity index (χ3n) is 2.37. The smallest absolute Gasteiger partial charge is 0.239 e. The highest BCUT2D eigenvalue weighted by atomic mass is 16.1. The molecule has 0 fully saturated rings. The van der Waals surface area contributed by atoms with Crippen LogP contribution in [0.15, 0.2) is 18.2 Å². The van der Waals surface area contributed by atoms with Crippen molar-refractivity contribution in [3.8, 4) is 0 Å². The van der Waals surface area contributed by atoms with Crippen LogP contribution in [0.1, 0.15) is 5.56 Å². The Morgan fingerprint density at radius 2 is 2.20 bits per heavy atom. The molecule has 0 aromatic heterocycles. The predicted octanol–water partition coefficient (Wildman–Crippen LogP) is 0.759. The van der Waals surface area contributed by atoms with Crippen molar-refractivity contribution in [3.63, 3.8) is 0 Å². The van der Waals surface area contributed by atoms with E-state index in [0.29, 0.717) is 6.54 Å². The summed E-state index contributed by atoms with van der Waals surface area (Å²) in [6.45, 7) is 2.26. The summed E-state index contributed by atoms with van der Waals surface area (Å²) in [7, 11) is 3.47. The first-order valence-electron chi connectivity index (χ1n) is 4.83. The molecule has 15 heavy (non-hydrogen) atoms. The minimum Gasteiger partial charge on any atom is -0.397 e. The van der Waals surface area contributed by atoms with Gasteiger partial charge in [0.25, 0.3) is 0 Å². The van der Waals surface area contributed by atoms with Gasteiger partial charge in [-0.2, -0.15) is 0 Å². The largest absolute Gasteiger partial charge is 0.397 e. The van der Waals surface area contributed by atoms with E-state index in [1.54, 1.807) is 7.05 Å². The Hall–Kier alpha value is -1.71. The third-order valence-corrected chi connectivity index (χ3v) is 2.37. The molecular formula is C11H17N3O. The van der Waals surface area contributed by atoms with E-state index >= 15 is 0 Å². The average molecular weight is 207 g/mol. The van der Waals surface area contributed by atoms with Crippen molar-refractivity contribution in [2.45, 2.75) is 6.92 Å². The molecule has 0 radical (unpaired) electrons. The van der Waals surface area contributed by atoms with Crippen LogP contribution in [0.3, 0.4) is 0 Å². The van der Waals surface area contributed by atoms with Gasteiger partial charge in [-0.05, 0) is 18.6 Å². The van der Waals surface area contributed by atoms with E-state index in [9.17, 15) is 4.79 Å². The Bertz CT molecular complexity index is 363. The summed E-state index contributed by atoms with van der Waals surface area (Å²) in [5, 5.41) is 2.58. The van der Waals surface area contributed by atoms with Gasteiger partial charge in [-0.15, -0.1) is 0 Å². The number of aryl methyl sites for hydroxylation is 1. The van der Waals surface area contributed by atoms with Crippen LogP contribution < -0.4 is 16.0 Å². The predicted molar refractivity (Wildman–Crippen MR) is 62.9 cm³/mol. The zero-order chi connectivity index (χ0) is 11.4. The zero-order valence-corrected chi connectivity index (χ0v) is 9.37. The summed E-state index contributed by atoms with van der Waals surface area (Å²) >= 11 is 0. The molecule has 4 heteroatoms. The molecule has 0 aliphatic carbocycles. The molecule has 4 nitrogen and oxygen atoms in total. The van der Waals surface area contributed by atoms with Crippen molar-refractivity contribution in [1.29, 1.82) is 0 Å². The highest BCUT2D eigenvalue weighted by molar-refractivity contribution is 5.83. The van der Waals surface area contributed by atoms with Gasteiger partial charge in [0, 0.05) is 14.1 Å². The molecule has 0 spiro atoms. The maximum Gasteiger partial charge on any atom is 0.239 e. The van der Waals surface area contributed by atoms with Gasteiger partial charge in [-0.1, -0.05) is 12.1 Å². The molecule has 1 rings (SSSR count). The SMILES string of the molecule is CNC(=O)CN(C)c1cccc(C)c1N. The highest BCUT2D eigenvalue weighted by Gasteiger charge is 2.09. The Balaban J connectivity index is 2.86. The van der Waals surface area contributed by atoms with Crippen LogP contribution in [0, 0.1) is 6.92 Å². The molecule has 3 N–H and O–H groups in total. The number of nitrogens with one attached hydrogen (secondary N) is 1. The lowest BCUT2D eigenvalue weighted by Gasteiger charge is -2.20. The maximum atomic E-state index is 11.2. The Morgan fingerprint density at radius 3 is 2.80 bits per heavy atom. The van der Waals surface area contributed by atoms with Gasteiger partial charge in [-0.3, -0.25) is 4.79 Å². The van der Waals surface area contributed by atoms with Crippen molar-refractivity contribution in [2.75, 3.05) is 31.3 Å². The monoisotopic (exact) mass is 207 g/mol. The lowest BCUT2D eigenvalue weighted by molar-refractivity contribution is -0.119. The zero-order valence-electron chi connectivity index (χ0n) is 9.37. The summed E-state index contributed by atoms with van der Waals surface area (Å²) in [4.78, 5) is 13.0. The van der Waals surface area contributed by atoms with Gasteiger partial charge < -0.3 is 16.0 Å². The van der Waals surface area contributed by atoms with Crippen LogP contribution in [0.2, 0.25) is 0 Å². The number of likely N-dealkylation sites (N-methyl/N-ethyl adjacent to an activating group) is 2. The molecule has 0 aliphatic heterocycles. The molecule has 82 valence electrons. The number of benzene rings is 1. The van der Waals surface area contributed by atoms with Gasteiger partial charge in [0.1, 0.15) is 0 Å². The van der Waals surface area contributed by atoms with E-state index in [1.807, 2.05) is 37.1 Å². The van der Waals surface area contributed by atoms with Crippen molar-refractivity contribution < 1.29 is 4.79 Å². The highest BCUT2D eigenvalue weighted by Crippen LogP contribution is 2.24. The molecule has 0 unspecified atom stereocenters. The molecule has 0 aliphatic rings. The van der Waals surface area contributed by atoms with Crippen LogP contribution in [-0.2, 0) is 4.79 Å². The standard InChI is InChI=1S/C11H17N3O/c1-8-5-4-6-9(11(8)12)14(3)7-10(15)13-2/h4-6H,7,12H2,1-3H3,(H,13,15). The molecule has 0 saturated heterocycles. The lowest BCUT2D eigenvalue weighted by atomic mass is 10.1. The first kappa shape index (κ1) is 11.4. The van der Waals surface area contributed by atoms with Gasteiger partial charge in [0.2, 0.25) is 5.91 Å². The van der Waals surface area contributed by atoms with Crippen LogP contribution in [0.4, 0.5) is 11.4 Å². The van der Waals surface area contributed by atoms with Crippen molar-refractivity contribution >= 4 is 17.3 Å². The number of rotatable bonds is 3. The first-order chi connectivity index (χ1) is 7.06. The number of nitrogen functional groups attached to an aromatic ring is 1. The van der Waals surface area contributed by atoms with Crippen LogP contribution in [0.5, 0.6) is 0 Å². The summed E-state index contributed by atoms with van der Waals surface area (Å²) in [6.07, 6.45) is 0. The Morgan fingerprint density at radius 1 is 1.53 bits per heavy atom. The fourth-order valence-corrected chi connectivity index (χ4v) is 1.38. The van der Waals surface area contributed by atoms with Gasteiger partial charge in [0.15, 0.2) is 0 Å². The number of nitrogens with zero attached hydrogens (tertiary/aromatic N) is 1. The molecule has 1 amide bonds. The van der Waals surface area contributed by atoms with Crippen molar-refractivity contribution in [3.05, 3.63) is 23.8 Å². The topological polar surface area (TPSA) is 58.4 Å². The van der Waals surface area contributed by atoms with E-state index in [-0.39, 0.29) is 5.91 Å². The molecule has 1 aromatic carbocycles. The van der Waals surface area contributed by atoms with Gasteiger partial charge in [0.05, 0.1) is 17.9 Å². The quantitative estimate of drug-likeness (QED) is 0.719. The second-order valence-corrected chi connectivity index (χ2v) is 3.54. The fourth-order valence-electron chi connectivity index (χ4n) is 1.38. The number of hydrogen-bond acceptors (Lipinski definition) is 3. The number of anilines is 2. The average Bonchev–Trinajstić information content (AvgIpc) is 2.21. The molecule has 0 bridgehead atoms. The normalized spacial score (nSPS) is 9.80. The molecule has 0 heterocycles. The summed E-state index contributed by atoms with van der Waals surface area (Å²) in [5.41, 5.74) is 8.57. The number of carbonyl (C=O) groups excluding carboxylic acids is 1. The number of hydrogen-bond donors (Lipinski definition) is 2. The van der Waals surface area contributed by atoms with Gasteiger partial charge >= 0.3 is 0 Å². The minimum atomic E-state index is -0.0293. The van der Waals surface area contributed by atoms with Crippen LogP contribution in [0.25, 0.3) is 0 Å². The minimum absolute atomic E-state index is 0.0293. The van der Waals surface area contributed by atoms with E-state index in [1.165, 1.54) is 0 Å². The maximum absolute atomic E-state index is 11.2. The number of nitrogens with two attached hydrogens (primary N) is 1. The van der Waals surface area contributed by atoms with E-state index in [4.69, 9.17) is 5.73 Å². The number of amides is 1. The van der Waals surface area contributed by atoms with Crippen molar-refractivity contribution in [1.82, 2.24) is 5.32 Å². The molecule has 0 atom stereocenters. The Labute approximate surface area is 90.1 Å². The second kappa shape index (κ2) is 4.68. The number of para-hydroxylation sites is 1. The summed E-state index contributed by atoms with van der Waals surface area (Å²) < 4.78 is 0. The fraction of sp³-hybridized carbons (Fsp3) is 0.364. The van der Waals surface area contributed by atoms with E-state index in [0.717, 1.165) is 16.9 Å². The van der Waals surface area contributed by atoms with Gasteiger partial charge in [-0.25, -0.2) is 0 Å². The van der Waals surface area contributed by atoms with Crippen LogP contribution in [-0.4, -0.2) is 26.5 Å². The van der Waals surface area contributed by atoms with Crippen molar-refractivity contribution in [2.24, 2.45) is 0 Å². The third kappa shape index (κ3) is 2.62. The Kier molecular flexibility index (Phi) is 3.55. The first-order valence-corrected chi connectivity index (χ1v) is 4.83. The van der Waals surface area contributed by atoms with E-state index < -0.39 is 0 Å². The lowest BCUT2D eigenvalue weighted by Crippen LogP contribution is -2.33. The second-order valence-electron chi connectivity index (χ2n) is 3.54. The molecule has 1 aromatic rings. The molecular weight excluding hydrogens is 190 g/mol. The summed E-state index contributed by atoms with van der Waals surface area (Å²) in [5.74, 6) is -0.0293. The van der Waals surface area contributed by atoms with Crippen LogP contribution >= 0.6 is 0 Å².